The standard InChI is InChI=1S/C14H15F2N3O2/c1-8-5-13(19-21-8)18-14(20)7-17-9(2)10-3-4-11(15)12(16)6-10/h3-6,9,17H,7H2,1-2H3,(H,18,19,20)/t9-/m0/s1. The molecule has 1 heterocycles. The van der Waals surface area contributed by atoms with Crippen LogP contribution in [0.1, 0.15) is 24.3 Å². The molecule has 1 aromatic heterocycles. The molecule has 2 aromatic rings. The molecule has 0 radical (unpaired) electrons. The van der Waals surface area contributed by atoms with E-state index in [-0.39, 0.29) is 18.5 Å². The number of nitrogens with zero attached hydrogens (tertiary/aromatic N) is 1. The molecule has 0 aliphatic rings. The average molecular weight is 295 g/mol. The van der Waals surface area contributed by atoms with Crippen LogP contribution in [0.4, 0.5) is 14.6 Å². The van der Waals surface area contributed by atoms with Crippen molar-refractivity contribution >= 4 is 11.7 Å². The van der Waals surface area contributed by atoms with Gasteiger partial charge in [-0.05, 0) is 31.5 Å². The van der Waals surface area contributed by atoms with E-state index in [0.717, 1.165) is 12.1 Å². The Hall–Kier alpha value is -2.28. The van der Waals surface area contributed by atoms with Gasteiger partial charge >= 0.3 is 0 Å². The van der Waals surface area contributed by atoms with Gasteiger partial charge in [0, 0.05) is 12.1 Å². The highest BCUT2D eigenvalue weighted by atomic mass is 19.2. The van der Waals surface area contributed by atoms with Crippen LogP contribution >= 0.6 is 0 Å². The van der Waals surface area contributed by atoms with E-state index in [1.165, 1.54) is 6.07 Å². The van der Waals surface area contributed by atoms with E-state index in [1.807, 2.05) is 0 Å². The van der Waals surface area contributed by atoms with Crippen molar-refractivity contribution in [2.45, 2.75) is 19.9 Å². The van der Waals surface area contributed by atoms with Gasteiger partial charge in [0.2, 0.25) is 5.91 Å². The molecule has 1 amide bonds. The zero-order valence-corrected chi connectivity index (χ0v) is 11.6. The number of hydrogen-bond donors (Lipinski definition) is 2. The summed E-state index contributed by atoms with van der Waals surface area (Å²) in [5, 5.41) is 9.10. The summed E-state index contributed by atoms with van der Waals surface area (Å²) in [6.45, 7) is 3.47. The maximum atomic E-state index is 13.1. The Morgan fingerprint density at radius 1 is 1.33 bits per heavy atom. The van der Waals surface area contributed by atoms with Crippen LogP contribution in [0, 0.1) is 18.6 Å². The summed E-state index contributed by atoms with van der Waals surface area (Å²) in [5.74, 6) is -1.19. The van der Waals surface area contributed by atoms with Crippen LogP contribution in [0.3, 0.4) is 0 Å². The molecule has 0 spiro atoms. The molecule has 0 aliphatic heterocycles. The molecule has 2 N–H and O–H groups in total. The topological polar surface area (TPSA) is 67.2 Å². The molecule has 0 saturated heterocycles. The molecule has 0 bridgehead atoms. The Kier molecular flexibility index (Phi) is 4.64. The van der Waals surface area contributed by atoms with Crippen molar-refractivity contribution in [3.05, 3.63) is 47.2 Å². The summed E-state index contributed by atoms with van der Waals surface area (Å²) in [4.78, 5) is 11.7. The summed E-state index contributed by atoms with van der Waals surface area (Å²) < 4.78 is 30.8. The second-order valence-electron chi connectivity index (χ2n) is 4.65. The van der Waals surface area contributed by atoms with Gasteiger partial charge in [0.05, 0.1) is 6.54 Å². The third-order valence-corrected chi connectivity index (χ3v) is 2.91. The van der Waals surface area contributed by atoms with Crippen LogP contribution in [-0.4, -0.2) is 17.6 Å². The van der Waals surface area contributed by atoms with E-state index in [4.69, 9.17) is 4.52 Å². The van der Waals surface area contributed by atoms with E-state index < -0.39 is 11.6 Å². The number of amides is 1. The van der Waals surface area contributed by atoms with Gasteiger partial charge in [-0.3, -0.25) is 4.79 Å². The molecule has 0 saturated carbocycles. The number of anilines is 1. The van der Waals surface area contributed by atoms with Crippen molar-refractivity contribution in [1.82, 2.24) is 10.5 Å². The van der Waals surface area contributed by atoms with E-state index in [0.29, 0.717) is 17.1 Å². The quantitative estimate of drug-likeness (QED) is 0.889. The smallest absolute Gasteiger partial charge is 0.239 e. The fraction of sp³-hybridized carbons (Fsp3) is 0.286. The van der Waals surface area contributed by atoms with Crippen molar-refractivity contribution in [1.29, 1.82) is 0 Å². The molecule has 0 fully saturated rings. The van der Waals surface area contributed by atoms with Gasteiger partial charge in [-0.15, -0.1) is 0 Å². The highest BCUT2D eigenvalue weighted by molar-refractivity contribution is 5.91. The van der Waals surface area contributed by atoms with Crippen molar-refractivity contribution in [2.75, 3.05) is 11.9 Å². The van der Waals surface area contributed by atoms with E-state index in [9.17, 15) is 13.6 Å². The van der Waals surface area contributed by atoms with E-state index in [1.54, 1.807) is 19.9 Å². The Labute approximate surface area is 120 Å². The predicted octanol–water partition coefficient (Wildman–Crippen LogP) is 2.55. The van der Waals surface area contributed by atoms with Crippen molar-refractivity contribution in [2.24, 2.45) is 0 Å². The second kappa shape index (κ2) is 6.45. The van der Waals surface area contributed by atoms with Gasteiger partial charge in [0.25, 0.3) is 0 Å². The summed E-state index contributed by atoms with van der Waals surface area (Å²) in [5.41, 5.74) is 0.555. The van der Waals surface area contributed by atoms with Crippen molar-refractivity contribution in [3.63, 3.8) is 0 Å². The number of nitrogens with one attached hydrogen (secondary N) is 2. The van der Waals surface area contributed by atoms with Crippen LogP contribution in [0.2, 0.25) is 0 Å². The molecule has 0 aliphatic carbocycles. The number of halogens is 2. The number of benzene rings is 1. The monoisotopic (exact) mass is 295 g/mol. The minimum Gasteiger partial charge on any atom is -0.360 e. The Balaban J connectivity index is 1.86. The van der Waals surface area contributed by atoms with Gasteiger partial charge in [-0.25, -0.2) is 8.78 Å². The van der Waals surface area contributed by atoms with Crippen molar-refractivity contribution in [3.8, 4) is 0 Å². The van der Waals surface area contributed by atoms with Gasteiger partial charge in [0.1, 0.15) is 5.76 Å². The lowest BCUT2D eigenvalue weighted by Crippen LogP contribution is -2.30. The van der Waals surface area contributed by atoms with Gasteiger partial charge in [0.15, 0.2) is 17.5 Å². The largest absolute Gasteiger partial charge is 0.360 e. The third-order valence-electron chi connectivity index (χ3n) is 2.91. The highest BCUT2D eigenvalue weighted by Crippen LogP contribution is 2.15. The molecule has 5 nitrogen and oxygen atoms in total. The maximum absolute atomic E-state index is 13.1. The minimum atomic E-state index is -0.913. The first-order chi connectivity index (χ1) is 9.95. The van der Waals surface area contributed by atoms with Gasteiger partial charge < -0.3 is 15.2 Å². The Morgan fingerprint density at radius 3 is 2.71 bits per heavy atom. The second-order valence-corrected chi connectivity index (χ2v) is 4.65. The maximum Gasteiger partial charge on any atom is 0.239 e. The predicted molar refractivity (Wildman–Crippen MR) is 72.6 cm³/mol. The summed E-state index contributed by atoms with van der Waals surface area (Å²) >= 11 is 0. The molecule has 7 heteroatoms. The molecule has 1 aromatic carbocycles. The fourth-order valence-electron chi connectivity index (χ4n) is 1.76. The molecular weight excluding hydrogens is 280 g/mol. The first-order valence-corrected chi connectivity index (χ1v) is 6.37. The zero-order valence-electron chi connectivity index (χ0n) is 11.6. The first kappa shape index (κ1) is 15.1. The number of aryl methyl sites for hydroxylation is 1. The highest BCUT2D eigenvalue weighted by Gasteiger charge is 2.11. The first-order valence-electron chi connectivity index (χ1n) is 6.37. The van der Waals surface area contributed by atoms with Crippen LogP contribution in [0.25, 0.3) is 0 Å². The minimum absolute atomic E-state index is 0.00602. The van der Waals surface area contributed by atoms with E-state index in [2.05, 4.69) is 15.8 Å². The lowest BCUT2D eigenvalue weighted by atomic mass is 10.1. The molecule has 2 rings (SSSR count). The Bertz CT molecular complexity index is 643. The Morgan fingerprint density at radius 2 is 2.10 bits per heavy atom. The van der Waals surface area contributed by atoms with Crippen LogP contribution in [0.5, 0.6) is 0 Å². The number of hydrogen-bond acceptors (Lipinski definition) is 4. The summed E-state index contributed by atoms with van der Waals surface area (Å²) in [6.07, 6.45) is 0. The van der Waals surface area contributed by atoms with E-state index >= 15 is 0 Å². The number of rotatable bonds is 5. The molecule has 0 unspecified atom stereocenters. The lowest BCUT2D eigenvalue weighted by Gasteiger charge is -2.14. The van der Waals surface area contributed by atoms with Gasteiger partial charge in [-0.1, -0.05) is 11.2 Å². The number of carbonyl (C=O) groups excluding carboxylic acids is 1. The van der Waals surface area contributed by atoms with Gasteiger partial charge in [-0.2, -0.15) is 0 Å². The average Bonchev–Trinajstić information content (AvgIpc) is 2.84. The summed E-state index contributed by atoms with van der Waals surface area (Å²) in [7, 11) is 0. The SMILES string of the molecule is Cc1cc(NC(=O)CN[C@@H](C)c2ccc(F)c(F)c2)no1. The lowest BCUT2D eigenvalue weighted by molar-refractivity contribution is -0.115. The number of aromatic nitrogens is 1. The summed E-state index contributed by atoms with van der Waals surface area (Å²) in [6, 6.07) is 4.92. The normalized spacial score (nSPS) is 12.2. The molecular formula is C14H15F2N3O2. The van der Waals surface area contributed by atoms with Crippen LogP contribution in [0.15, 0.2) is 28.8 Å². The third kappa shape index (κ3) is 4.09. The number of carbonyl (C=O) groups is 1. The molecule has 1 atom stereocenters. The fourth-order valence-corrected chi connectivity index (χ4v) is 1.76. The van der Waals surface area contributed by atoms with Crippen molar-refractivity contribution < 1.29 is 18.1 Å². The van der Waals surface area contributed by atoms with Crippen LogP contribution < -0.4 is 10.6 Å². The molecule has 21 heavy (non-hydrogen) atoms. The zero-order chi connectivity index (χ0) is 15.4. The molecule has 112 valence electrons. The van der Waals surface area contributed by atoms with Crippen LogP contribution in [-0.2, 0) is 4.79 Å².